The van der Waals surface area contributed by atoms with E-state index in [-0.39, 0.29) is 17.1 Å². The van der Waals surface area contributed by atoms with E-state index in [1.165, 1.54) is 42.6 Å². The third-order valence-electron chi connectivity index (χ3n) is 3.75. The normalized spacial score (nSPS) is 11.6. The molecule has 0 saturated heterocycles. The number of rotatable bonds is 6. The van der Waals surface area contributed by atoms with Crippen molar-refractivity contribution in [2.75, 3.05) is 10.6 Å². The number of benzene rings is 2. The number of ether oxygens (including phenoxy) is 2. The molecule has 12 heteroatoms. The highest BCUT2D eigenvalue weighted by atomic mass is 19.4. The lowest BCUT2D eigenvalue weighted by atomic mass is 10.2. The van der Waals surface area contributed by atoms with Gasteiger partial charge in [0, 0.05) is 17.6 Å². The van der Waals surface area contributed by atoms with E-state index >= 15 is 0 Å². The molecule has 1 aromatic heterocycles. The fourth-order valence-electron chi connectivity index (χ4n) is 2.50. The van der Waals surface area contributed by atoms with Crippen molar-refractivity contribution in [2.45, 2.75) is 12.7 Å². The Bertz CT molecular complexity index is 1070. The molecule has 2 N–H and O–H groups in total. The van der Waals surface area contributed by atoms with Crippen LogP contribution >= 0.6 is 0 Å². The monoisotopic (exact) mass is 457 g/mol. The van der Waals surface area contributed by atoms with Gasteiger partial charge in [0.25, 0.3) is 5.91 Å². The van der Waals surface area contributed by atoms with Gasteiger partial charge in [-0.3, -0.25) is 4.79 Å². The predicted octanol–water partition coefficient (Wildman–Crippen LogP) is 5.87. The number of carbonyl (C=O) groups excluding carboxylic acids is 1. The summed E-state index contributed by atoms with van der Waals surface area (Å²) >= 11 is 0. The van der Waals surface area contributed by atoms with Crippen molar-refractivity contribution in [3.63, 3.8) is 0 Å². The van der Waals surface area contributed by atoms with Crippen molar-refractivity contribution >= 4 is 23.1 Å². The average molecular weight is 457 g/mol. The van der Waals surface area contributed by atoms with E-state index in [9.17, 15) is 31.1 Å². The van der Waals surface area contributed by atoms with Gasteiger partial charge in [0.05, 0.1) is 5.56 Å². The number of pyridine rings is 1. The molecule has 0 spiro atoms. The lowest BCUT2D eigenvalue weighted by Gasteiger charge is -2.13. The Morgan fingerprint density at radius 2 is 1.25 bits per heavy atom. The van der Waals surface area contributed by atoms with Gasteiger partial charge in [0.2, 0.25) is 0 Å². The average Bonchev–Trinajstić information content (AvgIpc) is 2.69. The highest BCUT2D eigenvalue weighted by molar-refractivity contribution is 6.07. The molecule has 2 aromatic carbocycles. The molecule has 0 saturated carbocycles. The minimum absolute atomic E-state index is 0.0822. The number of nitrogens with one attached hydrogen (secondary N) is 2. The Morgan fingerprint density at radius 3 is 1.75 bits per heavy atom. The summed E-state index contributed by atoms with van der Waals surface area (Å²) in [6.07, 6.45) is -8.26. The molecule has 0 bridgehead atoms. The molecule has 0 atom stereocenters. The van der Waals surface area contributed by atoms with Crippen molar-refractivity contribution in [3.8, 4) is 11.5 Å². The maximum atomic E-state index is 12.6. The Labute approximate surface area is 176 Å². The molecule has 3 aromatic rings. The van der Waals surface area contributed by atoms with Crippen molar-refractivity contribution in [1.82, 2.24) is 4.98 Å². The zero-order chi connectivity index (χ0) is 23.4. The van der Waals surface area contributed by atoms with Crippen molar-refractivity contribution in [1.29, 1.82) is 0 Å². The molecule has 32 heavy (non-hydrogen) atoms. The number of anilines is 3. The van der Waals surface area contributed by atoms with E-state index in [2.05, 4.69) is 25.1 Å². The van der Waals surface area contributed by atoms with Crippen molar-refractivity contribution in [2.24, 2.45) is 0 Å². The second-order valence-corrected chi connectivity index (χ2v) is 6.12. The zero-order valence-electron chi connectivity index (χ0n) is 15.8. The highest BCUT2D eigenvalue weighted by Gasteiger charge is 2.31. The van der Waals surface area contributed by atoms with Crippen LogP contribution in [-0.2, 0) is 0 Å². The molecule has 0 aliphatic rings. The molecule has 3 rings (SSSR count). The second-order valence-electron chi connectivity index (χ2n) is 6.12. The summed E-state index contributed by atoms with van der Waals surface area (Å²) in [7, 11) is 0. The van der Waals surface area contributed by atoms with Gasteiger partial charge in [-0.2, -0.15) is 0 Å². The van der Waals surface area contributed by atoms with Crippen LogP contribution in [0, 0.1) is 0 Å². The minimum atomic E-state index is -4.84. The first kappa shape index (κ1) is 22.7. The van der Waals surface area contributed by atoms with Gasteiger partial charge < -0.3 is 20.1 Å². The molecule has 0 unspecified atom stereocenters. The molecule has 0 radical (unpaired) electrons. The summed E-state index contributed by atoms with van der Waals surface area (Å²) in [5.74, 6) is -1.38. The first-order chi connectivity index (χ1) is 15.0. The summed E-state index contributed by atoms with van der Waals surface area (Å²) in [4.78, 5) is 16.6. The maximum Gasteiger partial charge on any atom is 0.573 e. The molecule has 0 aliphatic heterocycles. The summed E-state index contributed by atoms with van der Waals surface area (Å²) in [5, 5.41) is 5.32. The van der Waals surface area contributed by atoms with Gasteiger partial charge in [-0.05, 0) is 60.7 Å². The van der Waals surface area contributed by atoms with Gasteiger partial charge >= 0.3 is 12.7 Å². The lowest BCUT2D eigenvalue weighted by Crippen LogP contribution is -2.17. The van der Waals surface area contributed by atoms with Crippen LogP contribution in [-0.4, -0.2) is 23.6 Å². The van der Waals surface area contributed by atoms with Crippen LogP contribution in [0.15, 0.2) is 66.9 Å². The number of aromatic nitrogens is 1. The topological polar surface area (TPSA) is 72.5 Å². The standard InChI is InChI=1S/C20H13F6N3O3/c21-19(22,23)31-14-7-3-12(4-8-14)28-17-16(2-1-11-27-17)18(30)29-13-5-9-15(10-6-13)32-20(24,25)26/h1-11H,(H,27,28)(H,29,30). The molecular formula is C20H13F6N3O3. The van der Waals surface area contributed by atoms with Crippen LogP contribution in [0.1, 0.15) is 10.4 Å². The second kappa shape index (κ2) is 9.04. The quantitative estimate of drug-likeness (QED) is 0.453. The van der Waals surface area contributed by atoms with Crippen LogP contribution in [0.5, 0.6) is 11.5 Å². The number of amides is 1. The van der Waals surface area contributed by atoms with E-state index in [0.29, 0.717) is 5.69 Å². The van der Waals surface area contributed by atoms with Crippen molar-refractivity contribution < 1.29 is 40.6 Å². The number of hydrogen-bond donors (Lipinski definition) is 2. The van der Waals surface area contributed by atoms with Gasteiger partial charge in [0.1, 0.15) is 17.3 Å². The first-order valence-electron chi connectivity index (χ1n) is 8.73. The molecule has 0 fully saturated rings. The number of alkyl halides is 6. The summed E-state index contributed by atoms with van der Waals surface area (Å²) < 4.78 is 81.0. The van der Waals surface area contributed by atoms with E-state index in [0.717, 1.165) is 24.3 Å². The number of carbonyl (C=O) groups is 1. The van der Waals surface area contributed by atoms with E-state index in [1.807, 2.05) is 0 Å². The number of hydrogen-bond acceptors (Lipinski definition) is 5. The predicted molar refractivity (Wildman–Crippen MR) is 102 cm³/mol. The molecular weight excluding hydrogens is 444 g/mol. The lowest BCUT2D eigenvalue weighted by molar-refractivity contribution is -0.275. The molecule has 1 amide bonds. The van der Waals surface area contributed by atoms with E-state index in [4.69, 9.17) is 0 Å². The maximum absolute atomic E-state index is 12.6. The Hall–Kier alpha value is -3.96. The fourth-order valence-corrected chi connectivity index (χ4v) is 2.50. The Kier molecular flexibility index (Phi) is 6.42. The smallest absolute Gasteiger partial charge is 0.406 e. The van der Waals surface area contributed by atoms with Crippen LogP contribution in [0.3, 0.4) is 0 Å². The fraction of sp³-hybridized carbons (Fsp3) is 0.100. The first-order valence-corrected chi connectivity index (χ1v) is 8.73. The molecule has 1 heterocycles. The molecule has 6 nitrogen and oxygen atoms in total. The van der Waals surface area contributed by atoms with Gasteiger partial charge in [0.15, 0.2) is 0 Å². The summed E-state index contributed by atoms with van der Waals surface area (Å²) in [5.41, 5.74) is 0.618. The SMILES string of the molecule is O=C(Nc1ccc(OC(F)(F)F)cc1)c1cccnc1Nc1ccc(OC(F)(F)F)cc1. The van der Waals surface area contributed by atoms with E-state index in [1.54, 1.807) is 0 Å². The third kappa shape index (κ3) is 6.79. The van der Waals surface area contributed by atoms with Crippen LogP contribution in [0.25, 0.3) is 0 Å². The van der Waals surface area contributed by atoms with Crippen LogP contribution < -0.4 is 20.1 Å². The largest absolute Gasteiger partial charge is 0.573 e. The summed E-state index contributed by atoms with van der Waals surface area (Å²) in [6.45, 7) is 0. The Morgan fingerprint density at radius 1 is 0.750 bits per heavy atom. The number of halogens is 6. The van der Waals surface area contributed by atoms with E-state index < -0.39 is 30.1 Å². The van der Waals surface area contributed by atoms with Gasteiger partial charge in [-0.25, -0.2) is 4.98 Å². The van der Waals surface area contributed by atoms with Gasteiger partial charge in [-0.15, -0.1) is 26.3 Å². The minimum Gasteiger partial charge on any atom is -0.406 e. The molecule has 168 valence electrons. The summed E-state index contributed by atoms with van der Waals surface area (Å²) in [6, 6.07) is 12.2. The van der Waals surface area contributed by atoms with Crippen LogP contribution in [0.2, 0.25) is 0 Å². The van der Waals surface area contributed by atoms with Crippen LogP contribution in [0.4, 0.5) is 43.5 Å². The Balaban J connectivity index is 1.70. The zero-order valence-corrected chi connectivity index (χ0v) is 15.8. The molecule has 0 aliphatic carbocycles. The highest BCUT2D eigenvalue weighted by Crippen LogP contribution is 2.27. The van der Waals surface area contributed by atoms with Crippen molar-refractivity contribution in [3.05, 3.63) is 72.4 Å². The van der Waals surface area contributed by atoms with Gasteiger partial charge in [-0.1, -0.05) is 0 Å². The number of nitrogens with zero attached hydrogens (tertiary/aromatic N) is 1. The third-order valence-corrected chi connectivity index (χ3v) is 3.75.